The van der Waals surface area contributed by atoms with Gasteiger partial charge in [0.15, 0.2) is 0 Å². The minimum absolute atomic E-state index is 0.253. The molecule has 0 aromatic heterocycles. The highest BCUT2D eigenvalue weighted by molar-refractivity contribution is 6.17. The van der Waals surface area contributed by atoms with Gasteiger partial charge in [0.25, 0.3) is 0 Å². The lowest BCUT2D eigenvalue weighted by Gasteiger charge is -2.09. The highest BCUT2D eigenvalue weighted by Gasteiger charge is 2.15. The monoisotopic (exact) mass is 342 g/mol. The van der Waals surface area contributed by atoms with Crippen molar-refractivity contribution in [3.63, 3.8) is 0 Å². The van der Waals surface area contributed by atoms with E-state index in [0.717, 1.165) is 32.1 Å². The molecule has 134 valence electrons. The van der Waals surface area contributed by atoms with E-state index < -0.39 is 5.97 Å². The Bertz CT molecular complexity index is 324. The van der Waals surface area contributed by atoms with Crippen LogP contribution in [0.3, 0.4) is 0 Å². The lowest BCUT2D eigenvalue weighted by Crippen LogP contribution is -2.14. The van der Waals surface area contributed by atoms with Gasteiger partial charge in [-0.15, -0.1) is 11.6 Å². The second-order valence-electron chi connectivity index (χ2n) is 6.18. The first kappa shape index (κ1) is 22.2. The van der Waals surface area contributed by atoms with E-state index in [1.807, 2.05) is 0 Å². The third-order valence-electron chi connectivity index (χ3n) is 4.06. The van der Waals surface area contributed by atoms with Crippen LogP contribution in [0, 0.1) is 5.92 Å². The van der Waals surface area contributed by atoms with Gasteiger partial charge in [-0.2, -0.15) is 0 Å². The van der Waals surface area contributed by atoms with Crippen LogP contribution in [0.4, 0.5) is 0 Å². The molecular formula is C20H35ClO2. The number of unbranched alkanes of at least 4 members (excludes halogenated alkanes) is 7. The zero-order valence-electron chi connectivity index (χ0n) is 14.8. The van der Waals surface area contributed by atoms with Crippen LogP contribution in [0.15, 0.2) is 24.3 Å². The second-order valence-corrected chi connectivity index (χ2v) is 6.56. The van der Waals surface area contributed by atoms with Crippen molar-refractivity contribution in [2.45, 2.75) is 84.0 Å². The molecule has 2 nitrogen and oxygen atoms in total. The molecule has 0 aliphatic rings. The van der Waals surface area contributed by atoms with Gasteiger partial charge in [-0.05, 0) is 44.9 Å². The van der Waals surface area contributed by atoms with Gasteiger partial charge in [0.05, 0.1) is 5.92 Å². The van der Waals surface area contributed by atoms with E-state index >= 15 is 0 Å². The lowest BCUT2D eigenvalue weighted by atomic mass is 9.98. The summed E-state index contributed by atoms with van der Waals surface area (Å²) in [5, 5.41) is 9.03. The van der Waals surface area contributed by atoms with E-state index in [4.69, 9.17) is 16.7 Å². The van der Waals surface area contributed by atoms with E-state index in [9.17, 15) is 4.79 Å². The Kier molecular flexibility index (Phi) is 17.0. The van der Waals surface area contributed by atoms with Gasteiger partial charge in [-0.1, -0.05) is 63.3 Å². The number of allylic oxidation sites excluding steroid dienone is 4. The van der Waals surface area contributed by atoms with Crippen LogP contribution in [-0.4, -0.2) is 17.0 Å². The molecule has 0 radical (unpaired) electrons. The van der Waals surface area contributed by atoms with Crippen LogP contribution >= 0.6 is 11.6 Å². The fourth-order valence-electron chi connectivity index (χ4n) is 2.55. The Labute approximate surface area is 148 Å². The first-order valence-corrected chi connectivity index (χ1v) is 9.84. The van der Waals surface area contributed by atoms with Crippen LogP contribution in [-0.2, 0) is 4.79 Å². The van der Waals surface area contributed by atoms with Crippen molar-refractivity contribution in [2.75, 3.05) is 5.88 Å². The van der Waals surface area contributed by atoms with E-state index in [2.05, 4.69) is 31.2 Å². The first-order valence-electron chi connectivity index (χ1n) is 9.31. The number of hydrogen-bond donors (Lipinski definition) is 1. The number of hydrogen-bond acceptors (Lipinski definition) is 1. The van der Waals surface area contributed by atoms with E-state index in [0.29, 0.717) is 12.3 Å². The van der Waals surface area contributed by atoms with Gasteiger partial charge in [-0.25, -0.2) is 0 Å². The van der Waals surface area contributed by atoms with Crippen molar-refractivity contribution in [3.05, 3.63) is 24.3 Å². The Morgan fingerprint density at radius 3 is 2.09 bits per heavy atom. The molecule has 0 rings (SSSR count). The number of carboxylic acid groups (broad SMARTS) is 1. The highest BCUT2D eigenvalue weighted by atomic mass is 35.5. The van der Waals surface area contributed by atoms with Gasteiger partial charge in [0.2, 0.25) is 0 Å². The number of halogens is 1. The smallest absolute Gasteiger partial charge is 0.306 e. The number of carbonyl (C=O) groups is 1. The van der Waals surface area contributed by atoms with Crippen molar-refractivity contribution in [1.82, 2.24) is 0 Å². The standard InChI is InChI=1S/C20H35ClO2/c1-2-3-4-5-6-7-8-9-10-11-12-13-14-15-16-19(17-18-21)20(22)23/h6-7,9-10,19H,2-5,8,11-18H2,1H3,(H,22,23)/b7-6-,10-9-. The van der Waals surface area contributed by atoms with Crippen LogP contribution in [0.25, 0.3) is 0 Å². The summed E-state index contributed by atoms with van der Waals surface area (Å²) in [7, 11) is 0. The van der Waals surface area contributed by atoms with E-state index in [-0.39, 0.29) is 5.92 Å². The van der Waals surface area contributed by atoms with Crippen molar-refractivity contribution in [2.24, 2.45) is 5.92 Å². The summed E-state index contributed by atoms with van der Waals surface area (Å²) < 4.78 is 0. The molecule has 1 N–H and O–H groups in total. The predicted octanol–water partition coefficient (Wildman–Crippen LogP) is 6.74. The molecule has 0 amide bonds. The number of aliphatic carboxylic acids is 1. The zero-order chi connectivity index (χ0) is 17.2. The second kappa shape index (κ2) is 17.6. The quantitative estimate of drug-likeness (QED) is 0.191. The van der Waals surface area contributed by atoms with Crippen molar-refractivity contribution >= 4 is 17.6 Å². The van der Waals surface area contributed by atoms with Gasteiger partial charge < -0.3 is 5.11 Å². The minimum Gasteiger partial charge on any atom is -0.481 e. The Hall–Kier alpha value is -0.760. The molecule has 1 unspecified atom stereocenters. The fourth-order valence-corrected chi connectivity index (χ4v) is 2.81. The maximum Gasteiger partial charge on any atom is 0.306 e. The summed E-state index contributed by atoms with van der Waals surface area (Å²) in [6, 6.07) is 0. The number of carboxylic acids is 1. The molecular weight excluding hydrogens is 308 g/mol. The average Bonchev–Trinajstić information content (AvgIpc) is 2.54. The van der Waals surface area contributed by atoms with Crippen molar-refractivity contribution in [1.29, 1.82) is 0 Å². The molecule has 23 heavy (non-hydrogen) atoms. The Morgan fingerprint density at radius 2 is 1.52 bits per heavy atom. The van der Waals surface area contributed by atoms with E-state index in [1.54, 1.807) is 0 Å². The summed E-state index contributed by atoms with van der Waals surface area (Å²) in [6.45, 7) is 2.23. The summed E-state index contributed by atoms with van der Waals surface area (Å²) in [5.41, 5.74) is 0. The molecule has 0 aliphatic heterocycles. The lowest BCUT2D eigenvalue weighted by molar-refractivity contribution is -0.142. The zero-order valence-corrected chi connectivity index (χ0v) is 15.6. The van der Waals surface area contributed by atoms with Gasteiger partial charge in [0, 0.05) is 5.88 Å². The molecule has 0 heterocycles. The van der Waals surface area contributed by atoms with Gasteiger partial charge >= 0.3 is 5.97 Å². The van der Waals surface area contributed by atoms with Crippen molar-refractivity contribution < 1.29 is 9.90 Å². The highest BCUT2D eigenvalue weighted by Crippen LogP contribution is 2.16. The minimum atomic E-state index is -0.698. The summed E-state index contributed by atoms with van der Waals surface area (Å²) in [5.74, 6) is -0.512. The summed E-state index contributed by atoms with van der Waals surface area (Å²) >= 11 is 5.63. The molecule has 0 saturated carbocycles. The van der Waals surface area contributed by atoms with Crippen LogP contribution in [0.2, 0.25) is 0 Å². The van der Waals surface area contributed by atoms with Crippen LogP contribution in [0.5, 0.6) is 0 Å². The van der Waals surface area contributed by atoms with Crippen LogP contribution < -0.4 is 0 Å². The maximum absolute atomic E-state index is 11.0. The molecule has 1 atom stereocenters. The third-order valence-corrected chi connectivity index (χ3v) is 4.28. The fraction of sp³-hybridized carbons (Fsp3) is 0.750. The largest absolute Gasteiger partial charge is 0.481 e. The maximum atomic E-state index is 11.0. The molecule has 3 heteroatoms. The molecule has 0 fully saturated rings. The van der Waals surface area contributed by atoms with Gasteiger partial charge in [0.1, 0.15) is 0 Å². The normalized spacial score (nSPS) is 13.1. The molecule has 0 spiro atoms. The van der Waals surface area contributed by atoms with E-state index in [1.165, 1.54) is 38.5 Å². The average molecular weight is 343 g/mol. The summed E-state index contributed by atoms with van der Waals surface area (Å²) in [4.78, 5) is 11.0. The third kappa shape index (κ3) is 15.9. The first-order chi connectivity index (χ1) is 11.2. The SMILES string of the molecule is CCCCC/C=C\C/C=C\CCCCCCC(CCCl)C(=O)O. The van der Waals surface area contributed by atoms with Crippen LogP contribution in [0.1, 0.15) is 84.0 Å². The molecule has 0 bridgehead atoms. The number of alkyl halides is 1. The Balaban J connectivity index is 3.41. The van der Waals surface area contributed by atoms with Gasteiger partial charge in [-0.3, -0.25) is 4.79 Å². The number of rotatable bonds is 16. The summed E-state index contributed by atoms with van der Waals surface area (Å²) in [6.07, 6.45) is 22.2. The predicted molar refractivity (Wildman–Crippen MR) is 101 cm³/mol. The molecule has 0 saturated heterocycles. The topological polar surface area (TPSA) is 37.3 Å². The molecule has 0 aromatic rings. The molecule has 0 aliphatic carbocycles. The Morgan fingerprint density at radius 1 is 0.913 bits per heavy atom. The molecule has 0 aromatic carbocycles. The van der Waals surface area contributed by atoms with Crippen molar-refractivity contribution in [3.8, 4) is 0 Å².